The Morgan fingerprint density at radius 3 is 2.53 bits per heavy atom. The van der Waals surface area contributed by atoms with Crippen LogP contribution >= 0.6 is 11.7 Å². The fraction of sp³-hybridized carbons (Fsp3) is 0. The minimum atomic E-state index is -1.88. The Morgan fingerprint density at radius 1 is 1.13 bits per heavy atom. The van der Waals surface area contributed by atoms with Crippen molar-refractivity contribution in [2.45, 2.75) is 0 Å². The van der Waals surface area contributed by atoms with Crippen molar-refractivity contribution in [1.29, 1.82) is 0 Å². The van der Waals surface area contributed by atoms with Gasteiger partial charge in [-0.15, -0.1) is 4.37 Å². The quantitative estimate of drug-likeness (QED) is 0.741. The van der Waals surface area contributed by atoms with Crippen molar-refractivity contribution in [3.63, 3.8) is 0 Å². The van der Waals surface area contributed by atoms with E-state index in [1.54, 1.807) is 0 Å². The van der Waals surface area contributed by atoms with Gasteiger partial charge >= 0.3 is 7.32 Å². The van der Waals surface area contributed by atoms with Gasteiger partial charge in [-0.1, -0.05) is 30.3 Å². The summed E-state index contributed by atoms with van der Waals surface area (Å²) in [5.41, 5.74) is 1.33. The molecule has 76 valence electrons. The topological polar surface area (TPSA) is 75.5 Å². The molecule has 0 saturated carbocycles. The molecule has 2 rings (SSSR count). The third-order valence-corrected chi connectivity index (χ3v) is 2.23. The number of benzene rings is 1. The first-order valence-corrected chi connectivity index (χ1v) is 4.91. The molecule has 0 aliphatic heterocycles. The minimum absolute atomic E-state index is 0.126. The second-order valence-electron chi connectivity index (χ2n) is 2.73. The van der Waals surface area contributed by atoms with Crippen molar-refractivity contribution >= 4 is 19.0 Å². The van der Waals surface area contributed by atoms with Gasteiger partial charge in [-0.05, 0) is 0 Å². The molecule has 0 spiro atoms. The minimum Gasteiger partial charge on any atom is -0.495 e. The summed E-state index contributed by atoms with van der Waals surface area (Å²) >= 11 is 0.956. The van der Waals surface area contributed by atoms with Gasteiger partial charge in [-0.2, -0.15) is 4.37 Å². The molecule has 0 atom stereocenters. The molecule has 0 radical (unpaired) electrons. The highest BCUT2D eigenvalue weighted by atomic mass is 32.1. The average Bonchev–Trinajstić information content (AvgIpc) is 2.66. The molecular weight excluding hydrogens is 215 g/mol. The molecule has 7 heteroatoms. The predicted octanol–water partition coefficient (Wildman–Crippen LogP) is 0.553. The van der Waals surface area contributed by atoms with Gasteiger partial charge in [0.1, 0.15) is 5.69 Å². The van der Waals surface area contributed by atoms with E-state index in [2.05, 4.69) is 13.4 Å². The zero-order valence-electron chi connectivity index (χ0n) is 7.57. The van der Waals surface area contributed by atoms with E-state index in [1.807, 2.05) is 30.3 Å². The molecule has 0 saturated heterocycles. The summed E-state index contributed by atoms with van der Waals surface area (Å²) in [6.07, 6.45) is 0. The fourth-order valence-corrected chi connectivity index (χ4v) is 1.64. The van der Waals surface area contributed by atoms with Gasteiger partial charge in [0.2, 0.25) is 5.88 Å². The van der Waals surface area contributed by atoms with Crippen molar-refractivity contribution in [3.05, 3.63) is 30.3 Å². The van der Waals surface area contributed by atoms with E-state index in [1.165, 1.54) is 0 Å². The van der Waals surface area contributed by atoms with Gasteiger partial charge in [-0.25, -0.2) is 0 Å². The Morgan fingerprint density at radius 2 is 1.87 bits per heavy atom. The van der Waals surface area contributed by atoms with Crippen molar-refractivity contribution in [3.8, 4) is 17.1 Å². The van der Waals surface area contributed by atoms with Crippen LogP contribution in [-0.4, -0.2) is 26.1 Å². The van der Waals surface area contributed by atoms with Crippen molar-refractivity contribution < 1.29 is 14.7 Å². The molecular formula is C8H7BN2O3S. The summed E-state index contributed by atoms with van der Waals surface area (Å²) in [5.74, 6) is 0.126. The first kappa shape index (κ1) is 10.1. The summed E-state index contributed by atoms with van der Waals surface area (Å²) in [6, 6.07) is 9.27. The Bertz CT molecular complexity index is 434. The fourth-order valence-electron chi connectivity index (χ4n) is 1.13. The molecule has 0 aliphatic carbocycles. The van der Waals surface area contributed by atoms with Crippen LogP contribution in [0, 0.1) is 0 Å². The van der Waals surface area contributed by atoms with Crippen LogP contribution in [0.1, 0.15) is 0 Å². The van der Waals surface area contributed by atoms with Crippen LogP contribution in [0.25, 0.3) is 11.3 Å². The number of nitrogens with zero attached hydrogens (tertiary/aromatic N) is 2. The van der Waals surface area contributed by atoms with Crippen LogP contribution in [0.15, 0.2) is 30.3 Å². The lowest BCUT2D eigenvalue weighted by atomic mass is 10.1. The SMILES string of the molecule is OB(O)Oc1nsnc1-c1ccccc1. The number of hydrogen-bond acceptors (Lipinski definition) is 6. The highest BCUT2D eigenvalue weighted by Gasteiger charge is 2.18. The molecule has 2 aromatic rings. The lowest BCUT2D eigenvalue weighted by Crippen LogP contribution is -2.21. The maximum Gasteiger partial charge on any atom is 0.708 e. The van der Waals surface area contributed by atoms with E-state index in [4.69, 9.17) is 10.0 Å². The van der Waals surface area contributed by atoms with Crippen LogP contribution in [0.4, 0.5) is 0 Å². The zero-order valence-corrected chi connectivity index (χ0v) is 8.39. The summed E-state index contributed by atoms with van der Waals surface area (Å²) in [7, 11) is -1.88. The highest BCUT2D eigenvalue weighted by Crippen LogP contribution is 2.27. The Labute approximate surface area is 90.5 Å². The summed E-state index contributed by atoms with van der Waals surface area (Å²) in [4.78, 5) is 0. The average molecular weight is 222 g/mol. The van der Waals surface area contributed by atoms with E-state index in [-0.39, 0.29) is 5.88 Å². The number of aromatic nitrogens is 2. The third kappa shape index (κ3) is 2.32. The summed E-state index contributed by atoms with van der Waals surface area (Å²) in [5, 5.41) is 17.3. The van der Waals surface area contributed by atoms with E-state index in [0.29, 0.717) is 5.69 Å². The molecule has 15 heavy (non-hydrogen) atoms. The molecule has 0 unspecified atom stereocenters. The number of rotatable bonds is 3. The predicted molar refractivity (Wildman–Crippen MR) is 56.2 cm³/mol. The van der Waals surface area contributed by atoms with E-state index >= 15 is 0 Å². The Hall–Kier alpha value is -1.44. The monoisotopic (exact) mass is 222 g/mol. The highest BCUT2D eigenvalue weighted by molar-refractivity contribution is 6.99. The molecule has 0 fully saturated rings. The van der Waals surface area contributed by atoms with Gasteiger partial charge < -0.3 is 14.7 Å². The molecule has 2 N–H and O–H groups in total. The van der Waals surface area contributed by atoms with E-state index in [9.17, 15) is 0 Å². The van der Waals surface area contributed by atoms with Gasteiger partial charge in [0, 0.05) is 5.56 Å². The maximum atomic E-state index is 8.67. The van der Waals surface area contributed by atoms with Gasteiger partial charge in [0.15, 0.2) is 0 Å². The first-order valence-electron chi connectivity index (χ1n) is 4.18. The molecule has 1 aromatic carbocycles. The summed E-state index contributed by atoms with van der Waals surface area (Å²) in [6.45, 7) is 0. The molecule has 5 nitrogen and oxygen atoms in total. The van der Waals surface area contributed by atoms with Crippen molar-refractivity contribution in [2.75, 3.05) is 0 Å². The molecule has 0 bridgehead atoms. The molecule has 1 heterocycles. The van der Waals surface area contributed by atoms with E-state index < -0.39 is 7.32 Å². The van der Waals surface area contributed by atoms with Crippen LogP contribution in [0.3, 0.4) is 0 Å². The normalized spacial score (nSPS) is 10.0. The van der Waals surface area contributed by atoms with Crippen molar-refractivity contribution in [2.24, 2.45) is 0 Å². The van der Waals surface area contributed by atoms with Gasteiger partial charge in [-0.3, -0.25) is 0 Å². The largest absolute Gasteiger partial charge is 0.708 e. The van der Waals surface area contributed by atoms with Crippen molar-refractivity contribution in [1.82, 2.24) is 8.75 Å². The third-order valence-electron chi connectivity index (χ3n) is 1.72. The van der Waals surface area contributed by atoms with Crippen LogP contribution in [0.2, 0.25) is 0 Å². The Balaban J connectivity index is 2.33. The van der Waals surface area contributed by atoms with E-state index in [0.717, 1.165) is 17.3 Å². The molecule has 0 aliphatic rings. The summed E-state index contributed by atoms with van der Waals surface area (Å²) < 4.78 is 12.5. The first-order chi connectivity index (χ1) is 7.27. The molecule has 0 amide bonds. The standard InChI is InChI=1S/C8H7BN2O3S/c12-9(13)14-8-7(10-15-11-8)6-4-2-1-3-5-6/h1-5,12-13H. The van der Waals surface area contributed by atoms with Crippen LogP contribution in [0.5, 0.6) is 5.88 Å². The number of hydrogen-bond donors (Lipinski definition) is 2. The second kappa shape index (κ2) is 4.39. The lowest BCUT2D eigenvalue weighted by Gasteiger charge is -2.02. The lowest BCUT2D eigenvalue weighted by molar-refractivity contribution is 0.285. The second-order valence-corrected chi connectivity index (χ2v) is 3.26. The maximum absolute atomic E-state index is 8.67. The van der Waals surface area contributed by atoms with Crippen LogP contribution in [-0.2, 0) is 0 Å². The molecule has 1 aromatic heterocycles. The Kier molecular flexibility index (Phi) is 2.95. The van der Waals surface area contributed by atoms with Gasteiger partial charge in [0.25, 0.3) is 0 Å². The van der Waals surface area contributed by atoms with Gasteiger partial charge in [0.05, 0.1) is 11.7 Å². The smallest absolute Gasteiger partial charge is 0.495 e. The van der Waals surface area contributed by atoms with Crippen LogP contribution < -0.4 is 4.65 Å². The zero-order chi connectivity index (χ0) is 10.7.